The van der Waals surface area contributed by atoms with Crippen LogP contribution < -0.4 is 10.6 Å². The Bertz CT molecular complexity index is 267. The van der Waals surface area contributed by atoms with E-state index in [1.54, 1.807) is 7.05 Å². The van der Waals surface area contributed by atoms with E-state index < -0.39 is 0 Å². The van der Waals surface area contributed by atoms with E-state index in [-0.39, 0.29) is 24.4 Å². The van der Waals surface area contributed by atoms with Gasteiger partial charge < -0.3 is 15.5 Å². The van der Waals surface area contributed by atoms with Gasteiger partial charge in [0, 0.05) is 13.6 Å². The van der Waals surface area contributed by atoms with Crippen molar-refractivity contribution in [2.24, 2.45) is 0 Å². The Hall–Kier alpha value is -1.59. The number of nitrogens with zero attached hydrogens (tertiary/aromatic N) is 1. The van der Waals surface area contributed by atoms with Crippen molar-refractivity contribution in [3.05, 3.63) is 0 Å². The molecule has 1 rings (SSSR count). The molecule has 3 amide bonds. The third-order valence-corrected chi connectivity index (χ3v) is 2.46. The van der Waals surface area contributed by atoms with Gasteiger partial charge in [-0.05, 0) is 12.8 Å². The van der Waals surface area contributed by atoms with Crippen LogP contribution in [-0.4, -0.2) is 49.3 Å². The molecular weight excluding hydrogens is 198 g/mol. The highest BCUT2D eigenvalue weighted by Gasteiger charge is 2.32. The van der Waals surface area contributed by atoms with Crippen molar-refractivity contribution in [3.63, 3.8) is 0 Å². The first-order valence-electron chi connectivity index (χ1n) is 4.88. The molecule has 0 spiro atoms. The number of amides is 3. The van der Waals surface area contributed by atoms with Crippen LogP contribution in [0.15, 0.2) is 0 Å². The summed E-state index contributed by atoms with van der Waals surface area (Å²) in [6.07, 6.45) is 1.99. The van der Waals surface area contributed by atoms with Crippen molar-refractivity contribution in [1.82, 2.24) is 15.5 Å². The maximum Gasteiger partial charge on any atom is 0.242 e. The Morgan fingerprint density at radius 3 is 2.87 bits per heavy atom. The molecule has 1 heterocycles. The third kappa shape index (κ3) is 2.68. The summed E-state index contributed by atoms with van der Waals surface area (Å²) in [6.45, 7) is 0.536. The highest BCUT2D eigenvalue weighted by atomic mass is 16.2. The van der Waals surface area contributed by atoms with Crippen LogP contribution in [0, 0.1) is 0 Å². The summed E-state index contributed by atoms with van der Waals surface area (Å²) in [5.41, 5.74) is 0. The molecule has 1 aliphatic heterocycles. The van der Waals surface area contributed by atoms with Crippen LogP contribution in [0.4, 0.5) is 0 Å². The molecule has 0 bridgehead atoms. The summed E-state index contributed by atoms with van der Waals surface area (Å²) in [7, 11) is 1.55. The molecule has 0 aliphatic carbocycles. The number of likely N-dealkylation sites (tertiary alicyclic amines) is 1. The molecule has 1 atom stereocenters. The number of likely N-dealkylation sites (N-methyl/N-ethyl adjacent to an activating group) is 1. The van der Waals surface area contributed by atoms with Gasteiger partial charge in [0.05, 0.1) is 6.54 Å². The number of nitrogens with one attached hydrogen (secondary N) is 2. The van der Waals surface area contributed by atoms with E-state index in [9.17, 15) is 14.4 Å². The summed E-state index contributed by atoms with van der Waals surface area (Å²) >= 11 is 0. The molecular formula is C9H15N3O3. The van der Waals surface area contributed by atoms with Crippen LogP contribution in [0.3, 0.4) is 0 Å². The molecule has 15 heavy (non-hydrogen) atoms. The summed E-state index contributed by atoms with van der Waals surface area (Å²) in [4.78, 5) is 34.5. The van der Waals surface area contributed by atoms with Crippen molar-refractivity contribution in [2.45, 2.75) is 18.9 Å². The molecule has 0 aromatic heterocycles. The van der Waals surface area contributed by atoms with Crippen LogP contribution >= 0.6 is 0 Å². The summed E-state index contributed by atoms with van der Waals surface area (Å²) < 4.78 is 0. The molecule has 1 aliphatic rings. The lowest BCUT2D eigenvalue weighted by molar-refractivity contribution is -0.137. The van der Waals surface area contributed by atoms with Crippen LogP contribution in [0.25, 0.3) is 0 Å². The Balaban J connectivity index is 2.55. The third-order valence-electron chi connectivity index (χ3n) is 2.46. The quantitative estimate of drug-likeness (QED) is 0.556. The first-order valence-corrected chi connectivity index (χ1v) is 4.88. The first kappa shape index (κ1) is 11.5. The molecule has 1 fully saturated rings. The number of rotatable bonds is 4. The monoisotopic (exact) mass is 213 g/mol. The maximum atomic E-state index is 11.6. The van der Waals surface area contributed by atoms with Crippen LogP contribution in [0.5, 0.6) is 0 Å². The Kier molecular flexibility index (Phi) is 4.08. The molecule has 84 valence electrons. The van der Waals surface area contributed by atoms with E-state index in [4.69, 9.17) is 0 Å². The van der Waals surface area contributed by atoms with Crippen LogP contribution in [0.2, 0.25) is 0 Å². The minimum absolute atomic E-state index is 0.0446. The van der Waals surface area contributed by atoms with Crippen LogP contribution in [0.1, 0.15) is 12.8 Å². The largest absolute Gasteiger partial charge is 0.357 e. The van der Waals surface area contributed by atoms with Crippen LogP contribution in [-0.2, 0) is 14.4 Å². The van der Waals surface area contributed by atoms with Gasteiger partial charge in [0.2, 0.25) is 18.2 Å². The average molecular weight is 213 g/mol. The lowest BCUT2D eigenvalue weighted by Gasteiger charge is -2.22. The van der Waals surface area contributed by atoms with Crippen molar-refractivity contribution in [3.8, 4) is 0 Å². The topological polar surface area (TPSA) is 78.5 Å². The second-order valence-corrected chi connectivity index (χ2v) is 3.36. The van der Waals surface area contributed by atoms with Gasteiger partial charge in [0.1, 0.15) is 6.04 Å². The van der Waals surface area contributed by atoms with Gasteiger partial charge in [-0.15, -0.1) is 0 Å². The van der Waals surface area contributed by atoms with Crippen molar-refractivity contribution >= 4 is 18.2 Å². The smallest absolute Gasteiger partial charge is 0.242 e. The molecule has 6 heteroatoms. The first-order chi connectivity index (χ1) is 7.20. The van der Waals surface area contributed by atoms with Gasteiger partial charge in [-0.3, -0.25) is 14.4 Å². The highest BCUT2D eigenvalue weighted by molar-refractivity contribution is 5.89. The SMILES string of the molecule is CNC(=O)[C@@H]1CCCN1C(=O)CNC=O. The second-order valence-electron chi connectivity index (χ2n) is 3.36. The maximum absolute atomic E-state index is 11.6. The zero-order valence-corrected chi connectivity index (χ0v) is 8.66. The Morgan fingerprint density at radius 1 is 1.53 bits per heavy atom. The predicted octanol–water partition coefficient (Wildman–Crippen LogP) is -1.53. The summed E-state index contributed by atoms with van der Waals surface area (Å²) in [6, 6.07) is -0.379. The lowest BCUT2D eigenvalue weighted by Crippen LogP contribution is -2.47. The van der Waals surface area contributed by atoms with E-state index in [0.717, 1.165) is 6.42 Å². The normalized spacial score (nSPS) is 19.8. The van der Waals surface area contributed by atoms with E-state index in [2.05, 4.69) is 10.6 Å². The fourth-order valence-electron chi connectivity index (χ4n) is 1.73. The van der Waals surface area contributed by atoms with Gasteiger partial charge in [0.25, 0.3) is 0 Å². The van der Waals surface area contributed by atoms with E-state index in [1.165, 1.54) is 4.90 Å². The molecule has 1 saturated heterocycles. The molecule has 0 saturated carbocycles. The van der Waals surface area contributed by atoms with Crippen molar-refractivity contribution < 1.29 is 14.4 Å². The van der Waals surface area contributed by atoms with E-state index >= 15 is 0 Å². The minimum Gasteiger partial charge on any atom is -0.357 e. The molecule has 6 nitrogen and oxygen atoms in total. The van der Waals surface area contributed by atoms with Gasteiger partial charge >= 0.3 is 0 Å². The fraction of sp³-hybridized carbons (Fsp3) is 0.667. The number of carbonyl (C=O) groups excluding carboxylic acids is 3. The number of hydrogen-bond acceptors (Lipinski definition) is 3. The van der Waals surface area contributed by atoms with E-state index in [0.29, 0.717) is 19.4 Å². The van der Waals surface area contributed by atoms with Gasteiger partial charge in [0.15, 0.2) is 0 Å². The molecule has 0 aromatic carbocycles. The van der Waals surface area contributed by atoms with Gasteiger partial charge in [-0.25, -0.2) is 0 Å². The second kappa shape index (κ2) is 5.33. The van der Waals surface area contributed by atoms with Crippen molar-refractivity contribution in [1.29, 1.82) is 0 Å². The number of carbonyl (C=O) groups is 3. The minimum atomic E-state index is -0.379. The Labute approximate surface area is 88.0 Å². The standard InChI is InChI=1S/C9H15N3O3/c1-10-9(15)7-3-2-4-12(7)8(14)5-11-6-13/h6-7H,2-5H2,1H3,(H,10,15)(H,11,13)/t7-/m0/s1. The summed E-state index contributed by atoms with van der Waals surface area (Å²) in [5, 5.41) is 4.82. The lowest BCUT2D eigenvalue weighted by atomic mass is 10.2. The number of hydrogen-bond donors (Lipinski definition) is 2. The average Bonchev–Trinajstić information content (AvgIpc) is 2.73. The van der Waals surface area contributed by atoms with Gasteiger partial charge in [-0.1, -0.05) is 0 Å². The molecule has 0 unspecified atom stereocenters. The van der Waals surface area contributed by atoms with Gasteiger partial charge in [-0.2, -0.15) is 0 Å². The predicted molar refractivity (Wildman–Crippen MR) is 52.9 cm³/mol. The fourth-order valence-corrected chi connectivity index (χ4v) is 1.73. The zero-order valence-electron chi connectivity index (χ0n) is 8.66. The molecule has 0 radical (unpaired) electrons. The summed E-state index contributed by atoms with van der Waals surface area (Å²) in [5.74, 6) is -0.361. The van der Waals surface area contributed by atoms with Crippen molar-refractivity contribution in [2.75, 3.05) is 20.1 Å². The molecule has 0 aromatic rings. The Morgan fingerprint density at radius 2 is 2.27 bits per heavy atom. The zero-order chi connectivity index (χ0) is 11.3. The highest BCUT2D eigenvalue weighted by Crippen LogP contribution is 2.16. The van der Waals surface area contributed by atoms with E-state index in [1.807, 2.05) is 0 Å². The molecule has 2 N–H and O–H groups in total.